The lowest BCUT2D eigenvalue weighted by molar-refractivity contribution is 0.0949. The minimum atomic E-state index is -0.346. The van der Waals surface area contributed by atoms with Crippen molar-refractivity contribution in [2.45, 2.75) is 26.8 Å². The number of nitrogens with zero attached hydrogens (tertiary/aromatic N) is 2. The molecule has 3 aromatic carbocycles. The number of ether oxygens (including phenoxy) is 1. The van der Waals surface area contributed by atoms with Gasteiger partial charge in [-0.25, -0.2) is 4.79 Å². The standard InChI is InChI=1S/C31H39N5O3/c1-23-9-7-10-24(2)29(23)34-31(38)33-26-13-14-28(27(21-26)30(37)32-15-8-20-39-3)36-18-16-35(17-19-36)22-25-11-5-4-6-12-25/h4-7,9-14,21H,8,15-20,22H2,1-3H3,(H,32,37)(H2,33,34,38). The van der Waals surface area contributed by atoms with Crippen molar-refractivity contribution in [2.75, 3.05) is 62.0 Å². The van der Waals surface area contributed by atoms with E-state index in [9.17, 15) is 9.59 Å². The number of para-hydroxylation sites is 1. The van der Waals surface area contributed by atoms with Crippen molar-refractivity contribution in [3.8, 4) is 0 Å². The number of benzene rings is 3. The molecule has 206 valence electrons. The zero-order valence-electron chi connectivity index (χ0n) is 23.1. The van der Waals surface area contributed by atoms with Crippen molar-refractivity contribution in [1.82, 2.24) is 10.2 Å². The highest BCUT2D eigenvalue weighted by atomic mass is 16.5. The molecule has 0 aliphatic carbocycles. The average Bonchev–Trinajstić information content (AvgIpc) is 2.94. The lowest BCUT2D eigenvalue weighted by Crippen LogP contribution is -2.46. The Morgan fingerprint density at radius 1 is 0.872 bits per heavy atom. The summed E-state index contributed by atoms with van der Waals surface area (Å²) < 4.78 is 5.11. The Balaban J connectivity index is 1.47. The molecule has 3 amide bonds. The number of carbonyl (C=O) groups is 2. The molecule has 0 atom stereocenters. The van der Waals surface area contributed by atoms with Gasteiger partial charge in [0.05, 0.1) is 5.56 Å². The Kier molecular flexibility index (Phi) is 9.94. The quantitative estimate of drug-likeness (QED) is 0.321. The lowest BCUT2D eigenvalue weighted by atomic mass is 10.1. The summed E-state index contributed by atoms with van der Waals surface area (Å²) in [4.78, 5) is 30.8. The van der Waals surface area contributed by atoms with Gasteiger partial charge in [0.1, 0.15) is 0 Å². The van der Waals surface area contributed by atoms with E-state index in [2.05, 4.69) is 50.0 Å². The molecular formula is C31H39N5O3. The number of carbonyl (C=O) groups excluding carboxylic acids is 2. The number of hydrogen-bond donors (Lipinski definition) is 3. The summed E-state index contributed by atoms with van der Waals surface area (Å²) in [5, 5.41) is 8.86. The Morgan fingerprint density at radius 3 is 2.28 bits per heavy atom. The molecule has 8 nitrogen and oxygen atoms in total. The van der Waals surface area contributed by atoms with Crippen LogP contribution in [-0.2, 0) is 11.3 Å². The molecule has 1 saturated heterocycles. The summed E-state index contributed by atoms with van der Waals surface area (Å²) in [6.45, 7) is 9.38. The van der Waals surface area contributed by atoms with Crippen LogP contribution in [0.5, 0.6) is 0 Å². The zero-order valence-corrected chi connectivity index (χ0v) is 23.1. The van der Waals surface area contributed by atoms with E-state index in [-0.39, 0.29) is 11.9 Å². The average molecular weight is 530 g/mol. The van der Waals surface area contributed by atoms with Crippen LogP contribution in [0.1, 0.15) is 33.5 Å². The van der Waals surface area contributed by atoms with Crippen LogP contribution in [0, 0.1) is 13.8 Å². The molecule has 0 unspecified atom stereocenters. The first-order chi connectivity index (χ1) is 18.9. The van der Waals surface area contributed by atoms with Crippen molar-refractivity contribution in [1.29, 1.82) is 0 Å². The van der Waals surface area contributed by atoms with Crippen molar-refractivity contribution >= 4 is 29.0 Å². The Morgan fingerprint density at radius 2 is 1.59 bits per heavy atom. The van der Waals surface area contributed by atoms with Gasteiger partial charge in [-0.15, -0.1) is 0 Å². The molecule has 8 heteroatoms. The number of urea groups is 1. The number of rotatable bonds is 10. The SMILES string of the molecule is COCCCNC(=O)c1cc(NC(=O)Nc2c(C)cccc2C)ccc1N1CCN(Cc2ccccc2)CC1. The van der Waals surface area contributed by atoms with Crippen molar-refractivity contribution in [3.05, 3.63) is 89.0 Å². The number of hydrogen-bond acceptors (Lipinski definition) is 5. The summed E-state index contributed by atoms with van der Waals surface area (Å²) in [7, 11) is 1.65. The third-order valence-electron chi connectivity index (χ3n) is 6.99. The first-order valence-electron chi connectivity index (χ1n) is 13.5. The molecule has 3 aromatic rings. The highest BCUT2D eigenvalue weighted by Gasteiger charge is 2.22. The van der Waals surface area contributed by atoms with Crippen molar-refractivity contribution in [2.24, 2.45) is 0 Å². The molecule has 0 radical (unpaired) electrons. The van der Waals surface area contributed by atoms with Crippen LogP contribution in [0.3, 0.4) is 0 Å². The maximum atomic E-state index is 13.3. The summed E-state index contributed by atoms with van der Waals surface area (Å²) in [5.74, 6) is -0.161. The second kappa shape index (κ2) is 13.8. The normalized spacial score (nSPS) is 13.7. The number of aryl methyl sites for hydroxylation is 2. The van der Waals surface area contributed by atoms with Crippen LogP contribution in [0.2, 0.25) is 0 Å². The van der Waals surface area contributed by atoms with Gasteiger partial charge in [0.2, 0.25) is 0 Å². The van der Waals surface area contributed by atoms with Crippen LogP contribution >= 0.6 is 0 Å². The van der Waals surface area contributed by atoms with Crippen LogP contribution in [-0.4, -0.2) is 63.3 Å². The molecule has 0 aromatic heterocycles. The second-order valence-electron chi connectivity index (χ2n) is 9.93. The van der Waals surface area contributed by atoms with Crippen LogP contribution < -0.4 is 20.9 Å². The first-order valence-corrected chi connectivity index (χ1v) is 13.5. The van der Waals surface area contributed by atoms with Gasteiger partial charge >= 0.3 is 6.03 Å². The summed E-state index contributed by atoms with van der Waals surface area (Å²) >= 11 is 0. The maximum Gasteiger partial charge on any atom is 0.323 e. The molecule has 0 spiro atoms. The number of methoxy groups -OCH3 is 1. The van der Waals surface area contributed by atoms with E-state index in [4.69, 9.17) is 4.74 Å². The smallest absolute Gasteiger partial charge is 0.323 e. The fraction of sp³-hybridized carbons (Fsp3) is 0.355. The van der Waals surface area contributed by atoms with Gasteiger partial charge < -0.3 is 25.6 Å². The van der Waals surface area contributed by atoms with E-state index in [0.29, 0.717) is 24.4 Å². The number of nitrogens with one attached hydrogen (secondary N) is 3. The van der Waals surface area contributed by atoms with E-state index < -0.39 is 0 Å². The molecule has 1 fully saturated rings. The second-order valence-corrected chi connectivity index (χ2v) is 9.93. The van der Waals surface area contributed by atoms with E-state index in [1.165, 1.54) is 5.56 Å². The van der Waals surface area contributed by atoms with Gasteiger partial charge in [0.15, 0.2) is 0 Å². The van der Waals surface area contributed by atoms with Gasteiger partial charge in [-0.1, -0.05) is 48.5 Å². The third-order valence-corrected chi connectivity index (χ3v) is 6.99. The molecule has 39 heavy (non-hydrogen) atoms. The number of amides is 3. The summed E-state index contributed by atoms with van der Waals surface area (Å²) in [6, 6.07) is 21.6. The van der Waals surface area contributed by atoms with E-state index in [0.717, 1.165) is 61.6 Å². The lowest BCUT2D eigenvalue weighted by Gasteiger charge is -2.37. The minimum absolute atomic E-state index is 0.161. The predicted molar refractivity (Wildman–Crippen MR) is 158 cm³/mol. The summed E-state index contributed by atoms with van der Waals surface area (Å²) in [6.07, 6.45) is 0.728. The molecule has 0 saturated carbocycles. The number of piperazine rings is 1. The Hall–Kier alpha value is -3.88. The number of anilines is 3. The molecule has 1 aliphatic heterocycles. The highest BCUT2D eigenvalue weighted by Crippen LogP contribution is 2.27. The monoisotopic (exact) mass is 529 g/mol. The maximum absolute atomic E-state index is 13.3. The van der Waals surface area contributed by atoms with Crippen molar-refractivity contribution in [3.63, 3.8) is 0 Å². The Bertz CT molecular complexity index is 1240. The highest BCUT2D eigenvalue weighted by molar-refractivity contribution is 6.04. The molecule has 3 N–H and O–H groups in total. The first kappa shape index (κ1) is 28.1. The van der Waals surface area contributed by atoms with Gasteiger partial charge in [-0.2, -0.15) is 0 Å². The van der Waals surface area contributed by atoms with E-state index >= 15 is 0 Å². The molecule has 1 heterocycles. The van der Waals surface area contributed by atoms with Crippen molar-refractivity contribution < 1.29 is 14.3 Å². The fourth-order valence-corrected chi connectivity index (χ4v) is 4.86. The summed E-state index contributed by atoms with van der Waals surface area (Å²) in [5.41, 5.74) is 6.05. The molecular weight excluding hydrogens is 490 g/mol. The van der Waals surface area contributed by atoms with Gasteiger partial charge in [0, 0.05) is 70.0 Å². The Labute approximate surface area is 231 Å². The molecule has 4 rings (SSSR count). The predicted octanol–water partition coefficient (Wildman–Crippen LogP) is 5.04. The van der Waals surface area contributed by atoms with Crippen LogP contribution in [0.15, 0.2) is 66.7 Å². The van der Waals surface area contributed by atoms with Gasteiger partial charge in [0.25, 0.3) is 5.91 Å². The largest absolute Gasteiger partial charge is 0.385 e. The minimum Gasteiger partial charge on any atom is -0.385 e. The fourth-order valence-electron chi connectivity index (χ4n) is 4.86. The topological polar surface area (TPSA) is 85.9 Å². The van der Waals surface area contributed by atoms with Gasteiger partial charge in [-0.3, -0.25) is 9.69 Å². The third kappa shape index (κ3) is 7.81. The van der Waals surface area contributed by atoms with E-state index in [1.807, 2.05) is 50.2 Å². The molecule has 0 bridgehead atoms. The molecule has 1 aliphatic rings. The zero-order chi connectivity index (χ0) is 27.6. The van der Waals surface area contributed by atoms with Gasteiger partial charge in [-0.05, 0) is 55.2 Å². The van der Waals surface area contributed by atoms with Crippen LogP contribution in [0.25, 0.3) is 0 Å². The van der Waals surface area contributed by atoms with E-state index in [1.54, 1.807) is 13.2 Å². The van der Waals surface area contributed by atoms with Crippen LogP contribution in [0.4, 0.5) is 21.9 Å².